The van der Waals surface area contributed by atoms with Gasteiger partial charge in [-0.3, -0.25) is 0 Å². The van der Waals surface area contributed by atoms with Crippen molar-refractivity contribution in [3.05, 3.63) is 60.2 Å². The van der Waals surface area contributed by atoms with Crippen molar-refractivity contribution in [2.75, 3.05) is 0 Å². The van der Waals surface area contributed by atoms with E-state index in [-0.39, 0.29) is 35.1 Å². The van der Waals surface area contributed by atoms with Crippen molar-refractivity contribution < 1.29 is 52.1 Å². The molecule has 0 unspecified atom stereocenters. The topological polar surface area (TPSA) is 83.5 Å². The second kappa shape index (κ2) is 7.01. The minimum Gasteiger partial charge on any atom is -0.744 e. The Labute approximate surface area is 138 Å². The molecule has 0 heterocycles. The number of esters is 1. The molecule has 0 saturated heterocycles. The predicted octanol–water partition coefficient (Wildman–Crippen LogP) is -1.19. The number of benzene rings is 2. The largest absolute Gasteiger partial charge is 1.00 e. The third-order valence-corrected chi connectivity index (χ3v) is 3.14. The molecule has 0 aliphatic heterocycles. The van der Waals surface area contributed by atoms with Gasteiger partial charge in [0.05, 0.1) is 10.5 Å². The van der Waals surface area contributed by atoms with Crippen LogP contribution in [0.1, 0.15) is 10.4 Å². The van der Waals surface area contributed by atoms with Gasteiger partial charge in [0.1, 0.15) is 15.9 Å². The Bertz CT molecular complexity index is 698. The molecule has 2 rings (SSSR count). The molecule has 2 aromatic rings. The van der Waals surface area contributed by atoms with E-state index in [1.165, 1.54) is 12.1 Å². The third kappa shape index (κ3) is 4.43. The molecule has 0 aliphatic carbocycles. The van der Waals surface area contributed by atoms with Gasteiger partial charge in [0.15, 0.2) is 0 Å². The zero-order valence-electron chi connectivity index (χ0n) is 10.6. The second-order valence-corrected chi connectivity index (χ2v) is 5.06. The normalized spacial score (nSPS) is 10.4. The molecule has 0 bridgehead atoms. The first-order chi connectivity index (χ1) is 8.97. The molecule has 0 atom stereocenters. The van der Waals surface area contributed by atoms with Gasteiger partial charge in [-0.15, -0.1) is 0 Å². The number of hydrogen-bond donors (Lipinski definition) is 0. The van der Waals surface area contributed by atoms with Gasteiger partial charge in [-0.2, -0.15) is 0 Å². The molecule has 20 heavy (non-hydrogen) atoms. The maximum absolute atomic E-state index is 11.8. The zero-order chi connectivity index (χ0) is 13.9. The monoisotopic (exact) mass is 300 g/mol. The van der Waals surface area contributed by atoms with Gasteiger partial charge < -0.3 is 9.29 Å². The van der Waals surface area contributed by atoms with Crippen LogP contribution >= 0.6 is 0 Å². The predicted molar refractivity (Wildman–Crippen MR) is 65.8 cm³/mol. The molecule has 5 nitrogen and oxygen atoms in total. The van der Waals surface area contributed by atoms with Crippen LogP contribution < -0.4 is 34.3 Å². The van der Waals surface area contributed by atoms with Crippen molar-refractivity contribution in [3.8, 4) is 5.75 Å². The third-order valence-electron chi connectivity index (χ3n) is 2.31. The van der Waals surface area contributed by atoms with Crippen molar-refractivity contribution >= 4 is 16.1 Å². The van der Waals surface area contributed by atoms with E-state index in [4.69, 9.17) is 4.74 Å². The SMILES string of the molecule is O=C(Oc1ccccc1)c1cccc(S(=O)(=O)[O-])c1.[Na+]. The summed E-state index contributed by atoms with van der Waals surface area (Å²) < 4.78 is 37.6. The van der Waals surface area contributed by atoms with Gasteiger partial charge >= 0.3 is 35.5 Å². The Morgan fingerprint density at radius 1 is 1.00 bits per heavy atom. The molecule has 0 spiro atoms. The van der Waals surface area contributed by atoms with E-state index < -0.39 is 21.0 Å². The molecular weight excluding hydrogens is 291 g/mol. The summed E-state index contributed by atoms with van der Waals surface area (Å²) in [7, 11) is -4.59. The minimum absolute atomic E-state index is 0. The fraction of sp³-hybridized carbons (Fsp3) is 0. The van der Waals surface area contributed by atoms with Crippen LogP contribution in [0.4, 0.5) is 0 Å². The van der Waals surface area contributed by atoms with Gasteiger partial charge in [-0.1, -0.05) is 24.3 Å². The van der Waals surface area contributed by atoms with E-state index in [0.717, 1.165) is 12.1 Å². The van der Waals surface area contributed by atoms with Gasteiger partial charge in [-0.05, 0) is 30.3 Å². The van der Waals surface area contributed by atoms with Crippen LogP contribution in [0.15, 0.2) is 59.5 Å². The number of hydrogen-bond acceptors (Lipinski definition) is 5. The molecule has 2 aromatic carbocycles. The standard InChI is InChI=1S/C13H10O5S.Na/c14-13(18-11-6-2-1-3-7-11)10-5-4-8-12(9-10)19(15,16)17;/h1-9H,(H,15,16,17);/q;+1/p-1. The molecule has 0 N–H and O–H groups in total. The van der Waals surface area contributed by atoms with Crippen molar-refractivity contribution in [2.45, 2.75) is 4.90 Å². The maximum Gasteiger partial charge on any atom is 1.00 e. The first-order valence-electron chi connectivity index (χ1n) is 5.30. The average Bonchev–Trinajstić information content (AvgIpc) is 2.39. The number of carbonyl (C=O) groups excluding carboxylic acids is 1. The summed E-state index contributed by atoms with van der Waals surface area (Å²) in [6, 6.07) is 13.1. The summed E-state index contributed by atoms with van der Waals surface area (Å²) >= 11 is 0. The molecular formula is C13H9NaO5S. The van der Waals surface area contributed by atoms with E-state index >= 15 is 0 Å². The molecule has 0 aromatic heterocycles. The molecule has 98 valence electrons. The van der Waals surface area contributed by atoms with Crippen molar-refractivity contribution in [2.24, 2.45) is 0 Å². The Kier molecular flexibility index (Phi) is 5.91. The Hall–Kier alpha value is -1.18. The average molecular weight is 300 g/mol. The summed E-state index contributed by atoms with van der Waals surface area (Å²) in [6.07, 6.45) is 0. The molecule has 0 saturated carbocycles. The molecule has 7 heteroatoms. The van der Waals surface area contributed by atoms with Crippen LogP contribution in [-0.2, 0) is 10.1 Å². The maximum atomic E-state index is 11.8. The fourth-order valence-electron chi connectivity index (χ4n) is 1.43. The van der Waals surface area contributed by atoms with Crippen LogP contribution in [-0.4, -0.2) is 18.9 Å². The van der Waals surface area contributed by atoms with Crippen molar-refractivity contribution in [1.29, 1.82) is 0 Å². The van der Waals surface area contributed by atoms with Crippen LogP contribution in [0.2, 0.25) is 0 Å². The van der Waals surface area contributed by atoms with E-state index in [1.807, 2.05) is 0 Å². The Morgan fingerprint density at radius 3 is 2.25 bits per heavy atom. The molecule has 0 amide bonds. The van der Waals surface area contributed by atoms with E-state index in [9.17, 15) is 17.8 Å². The summed E-state index contributed by atoms with van der Waals surface area (Å²) in [4.78, 5) is 11.3. The van der Waals surface area contributed by atoms with Gasteiger partial charge in [-0.25, -0.2) is 13.2 Å². The molecule has 0 radical (unpaired) electrons. The van der Waals surface area contributed by atoms with Gasteiger partial charge in [0, 0.05) is 0 Å². The second-order valence-electron chi connectivity index (χ2n) is 3.68. The molecule has 0 fully saturated rings. The smallest absolute Gasteiger partial charge is 0.744 e. The van der Waals surface area contributed by atoms with Crippen LogP contribution in [0.25, 0.3) is 0 Å². The summed E-state index contributed by atoms with van der Waals surface area (Å²) in [6.45, 7) is 0. The first-order valence-corrected chi connectivity index (χ1v) is 6.71. The number of rotatable bonds is 3. The quantitative estimate of drug-likeness (QED) is 0.308. The van der Waals surface area contributed by atoms with Crippen LogP contribution in [0, 0.1) is 0 Å². The van der Waals surface area contributed by atoms with Gasteiger partial charge in [0.25, 0.3) is 0 Å². The molecule has 0 aliphatic rings. The zero-order valence-corrected chi connectivity index (χ0v) is 13.5. The van der Waals surface area contributed by atoms with E-state index in [1.54, 1.807) is 30.3 Å². The number of para-hydroxylation sites is 1. The number of ether oxygens (including phenoxy) is 1. The summed E-state index contributed by atoms with van der Waals surface area (Å²) in [5.74, 6) is -0.389. The van der Waals surface area contributed by atoms with Crippen LogP contribution in [0.3, 0.4) is 0 Å². The van der Waals surface area contributed by atoms with Crippen molar-refractivity contribution in [1.82, 2.24) is 0 Å². The first kappa shape index (κ1) is 16.9. The Morgan fingerprint density at radius 2 is 1.65 bits per heavy atom. The number of carbonyl (C=O) groups is 1. The van der Waals surface area contributed by atoms with E-state index in [0.29, 0.717) is 5.75 Å². The van der Waals surface area contributed by atoms with Crippen LogP contribution in [0.5, 0.6) is 5.75 Å². The summed E-state index contributed by atoms with van der Waals surface area (Å²) in [5, 5.41) is 0. The fourth-order valence-corrected chi connectivity index (χ4v) is 1.95. The van der Waals surface area contributed by atoms with Crippen molar-refractivity contribution in [3.63, 3.8) is 0 Å². The Balaban J connectivity index is 0.00000200. The summed E-state index contributed by atoms with van der Waals surface area (Å²) in [5.41, 5.74) is 0.000720. The minimum atomic E-state index is -4.59. The van der Waals surface area contributed by atoms with E-state index in [2.05, 4.69) is 0 Å². The van der Waals surface area contributed by atoms with Gasteiger partial charge in [0.2, 0.25) is 0 Å².